The van der Waals surface area contributed by atoms with Crippen molar-refractivity contribution in [2.24, 2.45) is 0 Å². The first kappa shape index (κ1) is 16.6. The minimum absolute atomic E-state index is 0.296. The highest BCUT2D eigenvalue weighted by molar-refractivity contribution is 6.06. The number of benzene rings is 1. The maximum Gasteiger partial charge on any atom is 0.253 e. The molecule has 0 aliphatic carbocycles. The first-order valence-corrected chi connectivity index (χ1v) is 7.10. The molecule has 0 saturated carbocycles. The topological polar surface area (TPSA) is 65.1 Å². The van der Waals surface area contributed by atoms with Gasteiger partial charge in [0.15, 0.2) is 11.5 Å². The van der Waals surface area contributed by atoms with Crippen LogP contribution in [-0.4, -0.2) is 44.6 Å². The Morgan fingerprint density at radius 2 is 1.78 bits per heavy atom. The molecule has 122 valence electrons. The summed E-state index contributed by atoms with van der Waals surface area (Å²) in [6.45, 7) is 0.397. The van der Waals surface area contributed by atoms with E-state index in [-0.39, 0.29) is 11.8 Å². The first-order valence-electron chi connectivity index (χ1n) is 7.10. The zero-order valence-corrected chi connectivity index (χ0v) is 13.4. The van der Waals surface area contributed by atoms with Crippen molar-refractivity contribution >= 4 is 17.9 Å². The van der Waals surface area contributed by atoms with Crippen molar-refractivity contribution in [1.82, 2.24) is 4.90 Å². The minimum Gasteiger partial charge on any atom is -0.493 e. The van der Waals surface area contributed by atoms with Crippen LogP contribution in [0.4, 0.5) is 0 Å². The van der Waals surface area contributed by atoms with Gasteiger partial charge in [0, 0.05) is 12.6 Å². The predicted molar refractivity (Wildman–Crippen MR) is 85.6 cm³/mol. The van der Waals surface area contributed by atoms with Gasteiger partial charge in [-0.1, -0.05) is 6.08 Å². The SMILES string of the molecule is COc1cc(C=CC(=O)N2CCC=CC2=O)cc(OC)c1OC. The lowest BCUT2D eigenvalue weighted by atomic mass is 10.1. The van der Waals surface area contributed by atoms with Crippen LogP contribution in [0.1, 0.15) is 12.0 Å². The van der Waals surface area contributed by atoms with E-state index in [1.165, 1.54) is 38.4 Å². The van der Waals surface area contributed by atoms with E-state index in [1.807, 2.05) is 0 Å². The second-order valence-corrected chi connectivity index (χ2v) is 4.81. The van der Waals surface area contributed by atoms with Gasteiger partial charge in [-0.2, -0.15) is 0 Å². The molecule has 23 heavy (non-hydrogen) atoms. The van der Waals surface area contributed by atoms with Gasteiger partial charge >= 0.3 is 0 Å². The molecule has 1 aliphatic rings. The maximum atomic E-state index is 12.1. The summed E-state index contributed by atoms with van der Waals surface area (Å²) in [5.41, 5.74) is 0.702. The van der Waals surface area contributed by atoms with Crippen LogP contribution in [0.25, 0.3) is 6.08 Å². The highest BCUT2D eigenvalue weighted by Gasteiger charge is 2.19. The summed E-state index contributed by atoms with van der Waals surface area (Å²) in [6, 6.07) is 3.45. The smallest absolute Gasteiger partial charge is 0.253 e. The van der Waals surface area contributed by atoms with Gasteiger partial charge < -0.3 is 14.2 Å². The third kappa shape index (κ3) is 3.71. The summed E-state index contributed by atoms with van der Waals surface area (Å²) in [6.07, 6.45) is 6.81. The van der Waals surface area contributed by atoms with E-state index in [0.29, 0.717) is 35.8 Å². The Morgan fingerprint density at radius 1 is 1.13 bits per heavy atom. The van der Waals surface area contributed by atoms with Gasteiger partial charge in [-0.15, -0.1) is 0 Å². The fraction of sp³-hybridized carbons (Fsp3) is 0.294. The standard InChI is InChI=1S/C17H19NO5/c1-21-13-10-12(11-14(22-2)17(13)23-3)7-8-16(20)18-9-5-4-6-15(18)19/h4,6-8,10-11H,5,9H2,1-3H3. The quantitative estimate of drug-likeness (QED) is 0.778. The van der Waals surface area contributed by atoms with E-state index in [2.05, 4.69) is 0 Å². The Morgan fingerprint density at radius 3 is 2.30 bits per heavy atom. The van der Waals surface area contributed by atoms with Crippen molar-refractivity contribution in [2.45, 2.75) is 6.42 Å². The summed E-state index contributed by atoms with van der Waals surface area (Å²) < 4.78 is 15.8. The van der Waals surface area contributed by atoms with Gasteiger partial charge in [-0.3, -0.25) is 14.5 Å². The first-order chi connectivity index (χ1) is 11.1. The lowest BCUT2D eigenvalue weighted by Crippen LogP contribution is -2.37. The van der Waals surface area contributed by atoms with Crippen LogP contribution in [0.5, 0.6) is 17.2 Å². The van der Waals surface area contributed by atoms with Gasteiger partial charge in [-0.05, 0) is 36.3 Å². The van der Waals surface area contributed by atoms with Crippen molar-refractivity contribution in [1.29, 1.82) is 0 Å². The molecule has 1 aliphatic heterocycles. The van der Waals surface area contributed by atoms with Crippen molar-refractivity contribution in [3.8, 4) is 17.2 Å². The van der Waals surface area contributed by atoms with Gasteiger partial charge in [0.05, 0.1) is 21.3 Å². The molecule has 1 aromatic rings. The summed E-state index contributed by atoms with van der Waals surface area (Å²) in [5, 5.41) is 0. The summed E-state index contributed by atoms with van der Waals surface area (Å²) >= 11 is 0. The Balaban J connectivity index is 2.23. The third-order valence-corrected chi connectivity index (χ3v) is 3.42. The molecule has 0 bridgehead atoms. The number of hydrogen-bond donors (Lipinski definition) is 0. The number of amides is 2. The average Bonchev–Trinajstić information content (AvgIpc) is 2.58. The van der Waals surface area contributed by atoms with Crippen LogP contribution < -0.4 is 14.2 Å². The molecule has 6 heteroatoms. The number of methoxy groups -OCH3 is 3. The highest BCUT2D eigenvalue weighted by atomic mass is 16.5. The molecule has 1 heterocycles. The summed E-state index contributed by atoms with van der Waals surface area (Å²) in [7, 11) is 4.57. The van der Waals surface area contributed by atoms with Crippen LogP contribution in [0.3, 0.4) is 0 Å². The molecule has 0 unspecified atom stereocenters. The van der Waals surface area contributed by atoms with Crippen LogP contribution >= 0.6 is 0 Å². The van der Waals surface area contributed by atoms with E-state index >= 15 is 0 Å². The van der Waals surface area contributed by atoms with Gasteiger partial charge in [-0.25, -0.2) is 0 Å². The van der Waals surface area contributed by atoms with E-state index in [9.17, 15) is 9.59 Å². The van der Waals surface area contributed by atoms with Crippen molar-refractivity contribution in [2.75, 3.05) is 27.9 Å². The van der Waals surface area contributed by atoms with E-state index in [1.54, 1.807) is 24.3 Å². The second-order valence-electron chi connectivity index (χ2n) is 4.81. The van der Waals surface area contributed by atoms with E-state index in [4.69, 9.17) is 14.2 Å². The zero-order valence-electron chi connectivity index (χ0n) is 13.4. The minimum atomic E-state index is -0.354. The predicted octanol–water partition coefficient (Wildman–Crippen LogP) is 2.04. The molecule has 2 amide bonds. The van der Waals surface area contributed by atoms with Crippen LogP contribution in [0.15, 0.2) is 30.4 Å². The largest absolute Gasteiger partial charge is 0.493 e. The van der Waals surface area contributed by atoms with Crippen molar-refractivity contribution in [3.63, 3.8) is 0 Å². The number of imide groups is 1. The van der Waals surface area contributed by atoms with Gasteiger partial charge in [0.2, 0.25) is 5.75 Å². The van der Waals surface area contributed by atoms with Crippen molar-refractivity contribution in [3.05, 3.63) is 35.9 Å². The normalized spacial score (nSPS) is 14.2. The molecular formula is C17H19NO5. The maximum absolute atomic E-state index is 12.1. The number of carbonyl (C=O) groups excluding carboxylic acids is 2. The number of carbonyl (C=O) groups is 2. The number of rotatable bonds is 5. The monoisotopic (exact) mass is 317 g/mol. The molecular weight excluding hydrogens is 298 g/mol. The molecule has 0 N–H and O–H groups in total. The molecule has 0 saturated heterocycles. The molecule has 2 rings (SSSR count). The fourth-order valence-electron chi connectivity index (χ4n) is 2.26. The molecule has 0 spiro atoms. The Hall–Kier alpha value is -2.76. The van der Waals surface area contributed by atoms with Crippen LogP contribution in [-0.2, 0) is 9.59 Å². The number of hydrogen-bond acceptors (Lipinski definition) is 5. The molecule has 0 aromatic heterocycles. The summed E-state index contributed by atoms with van der Waals surface area (Å²) in [4.78, 5) is 25.0. The zero-order chi connectivity index (χ0) is 16.8. The van der Waals surface area contributed by atoms with Crippen LogP contribution in [0.2, 0.25) is 0 Å². The fourth-order valence-corrected chi connectivity index (χ4v) is 2.26. The third-order valence-electron chi connectivity index (χ3n) is 3.42. The Labute approximate surface area is 134 Å². The number of ether oxygens (including phenoxy) is 3. The molecule has 6 nitrogen and oxygen atoms in total. The molecule has 0 atom stereocenters. The number of nitrogens with zero attached hydrogens (tertiary/aromatic N) is 1. The molecule has 0 radical (unpaired) electrons. The second kappa shape index (κ2) is 7.49. The lowest BCUT2D eigenvalue weighted by molar-refractivity contribution is -0.139. The molecule has 1 aromatic carbocycles. The van der Waals surface area contributed by atoms with Crippen molar-refractivity contribution < 1.29 is 23.8 Å². The Kier molecular flexibility index (Phi) is 5.41. The van der Waals surface area contributed by atoms with Gasteiger partial charge in [0.1, 0.15) is 0 Å². The van der Waals surface area contributed by atoms with E-state index < -0.39 is 0 Å². The Bertz CT molecular complexity index is 638. The summed E-state index contributed by atoms with van der Waals surface area (Å²) in [5.74, 6) is 0.825. The van der Waals surface area contributed by atoms with Gasteiger partial charge in [0.25, 0.3) is 11.8 Å². The van der Waals surface area contributed by atoms with Crippen LogP contribution in [0, 0.1) is 0 Å². The van der Waals surface area contributed by atoms with E-state index in [0.717, 1.165) is 0 Å². The average molecular weight is 317 g/mol. The molecule has 0 fully saturated rings. The lowest BCUT2D eigenvalue weighted by Gasteiger charge is -2.19. The highest BCUT2D eigenvalue weighted by Crippen LogP contribution is 2.38.